The number of aryl methyl sites for hydroxylation is 2. The first-order chi connectivity index (χ1) is 11.0. The molecule has 0 aliphatic carbocycles. The standard InChI is InChI=1S/C18H20FNO3/c1-13-9-14(2)11-17(10-13)23-12-18(21)20-7-8-22-16-5-3-15(19)4-6-16/h3-6,9-11H,7-8,12H2,1-2H3,(H,20,21). The van der Waals surface area contributed by atoms with E-state index in [4.69, 9.17) is 9.47 Å². The van der Waals surface area contributed by atoms with Gasteiger partial charge >= 0.3 is 0 Å². The van der Waals surface area contributed by atoms with Crippen LogP contribution in [0.5, 0.6) is 11.5 Å². The Morgan fingerprint density at radius 2 is 1.65 bits per heavy atom. The molecular weight excluding hydrogens is 297 g/mol. The van der Waals surface area contributed by atoms with E-state index in [-0.39, 0.29) is 18.3 Å². The topological polar surface area (TPSA) is 47.6 Å². The molecule has 2 aromatic carbocycles. The lowest BCUT2D eigenvalue weighted by atomic mass is 10.1. The molecule has 2 aromatic rings. The predicted octanol–water partition coefficient (Wildman–Crippen LogP) is 3.02. The lowest BCUT2D eigenvalue weighted by Crippen LogP contribution is -2.32. The third-order valence-corrected chi connectivity index (χ3v) is 3.07. The largest absolute Gasteiger partial charge is 0.492 e. The summed E-state index contributed by atoms with van der Waals surface area (Å²) < 4.78 is 23.6. The van der Waals surface area contributed by atoms with Gasteiger partial charge in [0.25, 0.3) is 5.91 Å². The minimum Gasteiger partial charge on any atom is -0.492 e. The van der Waals surface area contributed by atoms with Crippen LogP contribution >= 0.6 is 0 Å². The predicted molar refractivity (Wildman–Crippen MR) is 86.3 cm³/mol. The van der Waals surface area contributed by atoms with E-state index in [0.717, 1.165) is 11.1 Å². The molecule has 0 aliphatic heterocycles. The first-order valence-electron chi connectivity index (χ1n) is 7.39. The molecule has 0 spiro atoms. The number of carbonyl (C=O) groups excluding carboxylic acids is 1. The zero-order valence-electron chi connectivity index (χ0n) is 13.3. The molecule has 0 fully saturated rings. The zero-order valence-corrected chi connectivity index (χ0v) is 13.3. The van der Waals surface area contributed by atoms with Crippen LogP contribution in [0.15, 0.2) is 42.5 Å². The number of nitrogens with one attached hydrogen (secondary N) is 1. The summed E-state index contributed by atoms with van der Waals surface area (Å²) in [6.45, 7) is 4.58. The van der Waals surface area contributed by atoms with Gasteiger partial charge in [0.05, 0.1) is 6.54 Å². The van der Waals surface area contributed by atoms with Gasteiger partial charge < -0.3 is 14.8 Å². The summed E-state index contributed by atoms with van der Waals surface area (Å²) in [6.07, 6.45) is 0. The summed E-state index contributed by atoms with van der Waals surface area (Å²) in [5.74, 6) is 0.716. The third-order valence-electron chi connectivity index (χ3n) is 3.07. The number of hydrogen-bond donors (Lipinski definition) is 1. The van der Waals surface area contributed by atoms with Crippen LogP contribution in [0.3, 0.4) is 0 Å². The van der Waals surface area contributed by atoms with Gasteiger partial charge in [-0.2, -0.15) is 0 Å². The molecule has 0 unspecified atom stereocenters. The zero-order chi connectivity index (χ0) is 16.7. The molecule has 0 atom stereocenters. The average molecular weight is 317 g/mol. The molecule has 1 amide bonds. The Bertz CT molecular complexity index is 636. The number of halogens is 1. The Balaban J connectivity index is 1.66. The second kappa shape index (κ2) is 8.17. The lowest BCUT2D eigenvalue weighted by Gasteiger charge is -2.10. The van der Waals surface area contributed by atoms with Gasteiger partial charge in [0.1, 0.15) is 23.9 Å². The highest BCUT2D eigenvalue weighted by Gasteiger charge is 2.03. The number of benzene rings is 2. The summed E-state index contributed by atoms with van der Waals surface area (Å²) in [5.41, 5.74) is 2.18. The smallest absolute Gasteiger partial charge is 0.258 e. The highest BCUT2D eigenvalue weighted by Crippen LogP contribution is 2.15. The van der Waals surface area contributed by atoms with Gasteiger partial charge in [-0.1, -0.05) is 6.07 Å². The second-order valence-electron chi connectivity index (χ2n) is 5.26. The normalized spacial score (nSPS) is 10.2. The van der Waals surface area contributed by atoms with Crippen molar-refractivity contribution in [3.8, 4) is 11.5 Å². The Morgan fingerprint density at radius 1 is 1.00 bits per heavy atom. The van der Waals surface area contributed by atoms with Gasteiger partial charge in [-0.05, 0) is 61.4 Å². The van der Waals surface area contributed by atoms with Crippen LogP contribution < -0.4 is 14.8 Å². The molecule has 2 rings (SSSR count). The van der Waals surface area contributed by atoms with Crippen LogP contribution in [0.2, 0.25) is 0 Å². The van der Waals surface area contributed by atoms with E-state index in [0.29, 0.717) is 24.7 Å². The molecule has 1 N–H and O–H groups in total. The van der Waals surface area contributed by atoms with Crippen LogP contribution in [0.1, 0.15) is 11.1 Å². The molecule has 0 aliphatic rings. The minimum absolute atomic E-state index is 0.0422. The number of carbonyl (C=O) groups is 1. The molecule has 23 heavy (non-hydrogen) atoms. The molecule has 0 saturated carbocycles. The highest BCUT2D eigenvalue weighted by molar-refractivity contribution is 5.77. The third kappa shape index (κ3) is 5.98. The molecule has 0 aromatic heterocycles. The molecule has 5 heteroatoms. The first-order valence-corrected chi connectivity index (χ1v) is 7.39. The Morgan fingerprint density at radius 3 is 2.30 bits per heavy atom. The van der Waals surface area contributed by atoms with Crippen molar-refractivity contribution in [2.75, 3.05) is 19.8 Å². The quantitative estimate of drug-likeness (QED) is 0.799. The number of ether oxygens (including phenoxy) is 2. The number of amides is 1. The summed E-state index contributed by atoms with van der Waals surface area (Å²) in [6, 6.07) is 11.5. The SMILES string of the molecule is Cc1cc(C)cc(OCC(=O)NCCOc2ccc(F)cc2)c1. The summed E-state index contributed by atoms with van der Waals surface area (Å²) in [7, 11) is 0. The lowest BCUT2D eigenvalue weighted by molar-refractivity contribution is -0.123. The van der Waals surface area contributed by atoms with E-state index in [2.05, 4.69) is 5.32 Å². The van der Waals surface area contributed by atoms with Crippen LogP contribution in [0.25, 0.3) is 0 Å². The first kappa shape index (κ1) is 16.8. The van der Waals surface area contributed by atoms with Gasteiger partial charge in [-0.15, -0.1) is 0 Å². The highest BCUT2D eigenvalue weighted by atomic mass is 19.1. The van der Waals surface area contributed by atoms with Crippen molar-refractivity contribution < 1.29 is 18.7 Å². The summed E-state index contributed by atoms with van der Waals surface area (Å²) in [4.78, 5) is 11.7. The average Bonchev–Trinajstić information content (AvgIpc) is 2.50. The molecule has 0 radical (unpaired) electrons. The molecular formula is C18H20FNO3. The van der Waals surface area contributed by atoms with E-state index in [1.807, 2.05) is 32.0 Å². The van der Waals surface area contributed by atoms with Crippen molar-refractivity contribution in [2.45, 2.75) is 13.8 Å². The maximum Gasteiger partial charge on any atom is 0.258 e. The Labute approximate surface area is 135 Å². The van der Waals surface area contributed by atoms with Crippen molar-refractivity contribution in [1.82, 2.24) is 5.32 Å². The van der Waals surface area contributed by atoms with E-state index < -0.39 is 0 Å². The van der Waals surface area contributed by atoms with E-state index in [9.17, 15) is 9.18 Å². The molecule has 0 saturated heterocycles. The Hall–Kier alpha value is -2.56. The molecule has 122 valence electrons. The fraction of sp³-hybridized carbons (Fsp3) is 0.278. The van der Waals surface area contributed by atoms with Crippen LogP contribution in [-0.4, -0.2) is 25.7 Å². The molecule has 0 heterocycles. The van der Waals surface area contributed by atoms with E-state index >= 15 is 0 Å². The van der Waals surface area contributed by atoms with E-state index in [1.165, 1.54) is 12.1 Å². The fourth-order valence-corrected chi connectivity index (χ4v) is 2.11. The number of rotatable bonds is 7. The molecule has 0 bridgehead atoms. The summed E-state index contributed by atoms with van der Waals surface area (Å²) in [5, 5.41) is 2.70. The van der Waals surface area contributed by atoms with Crippen molar-refractivity contribution in [3.63, 3.8) is 0 Å². The fourth-order valence-electron chi connectivity index (χ4n) is 2.11. The Kier molecular flexibility index (Phi) is 5.97. The van der Waals surface area contributed by atoms with E-state index in [1.54, 1.807) is 12.1 Å². The van der Waals surface area contributed by atoms with Gasteiger partial charge in [-0.3, -0.25) is 4.79 Å². The van der Waals surface area contributed by atoms with Crippen molar-refractivity contribution in [2.24, 2.45) is 0 Å². The second-order valence-corrected chi connectivity index (χ2v) is 5.26. The number of hydrogen-bond acceptors (Lipinski definition) is 3. The van der Waals surface area contributed by atoms with Crippen LogP contribution in [0.4, 0.5) is 4.39 Å². The maximum atomic E-state index is 12.7. The maximum absolute atomic E-state index is 12.7. The molecule has 4 nitrogen and oxygen atoms in total. The monoisotopic (exact) mass is 317 g/mol. The van der Waals surface area contributed by atoms with Crippen molar-refractivity contribution in [3.05, 3.63) is 59.4 Å². The van der Waals surface area contributed by atoms with Gasteiger partial charge in [0.2, 0.25) is 0 Å². The van der Waals surface area contributed by atoms with Crippen molar-refractivity contribution in [1.29, 1.82) is 0 Å². The van der Waals surface area contributed by atoms with Gasteiger partial charge in [0.15, 0.2) is 6.61 Å². The minimum atomic E-state index is -0.311. The van der Waals surface area contributed by atoms with Crippen LogP contribution in [0, 0.1) is 19.7 Å². The van der Waals surface area contributed by atoms with Gasteiger partial charge in [-0.25, -0.2) is 4.39 Å². The van der Waals surface area contributed by atoms with Gasteiger partial charge in [0, 0.05) is 0 Å². The summed E-state index contributed by atoms with van der Waals surface area (Å²) >= 11 is 0. The van der Waals surface area contributed by atoms with Crippen molar-refractivity contribution >= 4 is 5.91 Å². The van der Waals surface area contributed by atoms with Crippen LogP contribution in [-0.2, 0) is 4.79 Å².